The molecule has 0 unspecified atom stereocenters. The highest BCUT2D eigenvalue weighted by molar-refractivity contribution is 7.16. The van der Waals surface area contributed by atoms with Crippen molar-refractivity contribution >= 4 is 33.8 Å². The van der Waals surface area contributed by atoms with Gasteiger partial charge in [-0.05, 0) is 31.6 Å². The third-order valence-electron chi connectivity index (χ3n) is 7.12. The molecule has 4 heterocycles. The molecule has 1 aliphatic heterocycles. The lowest BCUT2D eigenvalue weighted by Crippen LogP contribution is -2.47. The van der Waals surface area contributed by atoms with Gasteiger partial charge in [-0.15, -0.1) is 11.3 Å². The third-order valence-corrected chi connectivity index (χ3v) is 8.01. The van der Waals surface area contributed by atoms with E-state index in [0.717, 1.165) is 55.5 Å². The molecule has 1 saturated carbocycles. The predicted octanol–water partition coefficient (Wildman–Crippen LogP) is 3.83. The van der Waals surface area contributed by atoms with Gasteiger partial charge in [-0.1, -0.05) is 26.7 Å². The number of carbonyl (C=O) groups excluding carboxylic acids is 2. The van der Waals surface area contributed by atoms with Crippen molar-refractivity contribution < 1.29 is 9.59 Å². The number of anilines is 1. The molecule has 186 valence electrons. The summed E-state index contributed by atoms with van der Waals surface area (Å²) in [5.74, 6) is 1.99. The average Bonchev–Trinajstić information content (AvgIpc) is 3.50. The minimum Gasteiger partial charge on any atom is -0.370 e. The molecule has 0 radical (unpaired) electrons. The summed E-state index contributed by atoms with van der Waals surface area (Å²) in [6, 6.07) is 1.91. The molecule has 5 rings (SSSR count). The summed E-state index contributed by atoms with van der Waals surface area (Å²) in [5, 5.41) is 13.0. The molecule has 3 aromatic heterocycles. The molecule has 9 nitrogen and oxygen atoms in total. The van der Waals surface area contributed by atoms with E-state index in [-0.39, 0.29) is 23.8 Å². The Balaban J connectivity index is 1.35. The van der Waals surface area contributed by atoms with Crippen LogP contribution in [0.4, 0.5) is 5.82 Å². The van der Waals surface area contributed by atoms with Crippen molar-refractivity contribution in [3.63, 3.8) is 0 Å². The molecule has 10 heteroatoms. The van der Waals surface area contributed by atoms with Crippen molar-refractivity contribution in [1.29, 1.82) is 0 Å². The van der Waals surface area contributed by atoms with E-state index in [1.807, 2.05) is 16.5 Å². The molecule has 2 fully saturated rings. The fourth-order valence-electron chi connectivity index (χ4n) is 4.53. The molecule has 1 aliphatic carbocycles. The molecule has 35 heavy (non-hydrogen) atoms. The molecule has 3 aromatic rings. The number of hydrogen-bond donors (Lipinski definition) is 2. The Morgan fingerprint density at radius 3 is 2.63 bits per heavy atom. The first-order valence-corrected chi connectivity index (χ1v) is 13.6. The minimum absolute atomic E-state index is 0.0965. The fourth-order valence-corrected chi connectivity index (χ4v) is 5.32. The Kier molecular flexibility index (Phi) is 6.99. The first-order chi connectivity index (χ1) is 17.1. The van der Waals surface area contributed by atoms with Crippen LogP contribution in [-0.4, -0.2) is 62.0 Å². The number of piperidine rings is 1. The van der Waals surface area contributed by atoms with Crippen LogP contribution in [0.5, 0.6) is 0 Å². The van der Waals surface area contributed by atoms with Gasteiger partial charge in [0.2, 0.25) is 5.91 Å². The number of thiazole rings is 1. The van der Waals surface area contributed by atoms with E-state index in [2.05, 4.69) is 34.6 Å². The Morgan fingerprint density at radius 2 is 1.91 bits per heavy atom. The van der Waals surface area contributed by atoms with Gasteiger partial charge in [0.25, 0.3) is 5.91 Å². The summed E-state index contributed by atoms with van der Waals surface area (Å²) in [4.78, 5) is 37.8. The van der Waals surface area contributed by atoms with Crippen LogP contribution in [0, 0.1) is 11.8 Å². The van der Waals surface area contributed by atoms with Crippen molar-refractivity contribution in [2.45, 2.75) is 58.4 Å². The molecular weight excluding hydrogens is 462 g/mol. The summed E-state index contributed by atoms with van der Waals surface area (Å²) >= 11 is 1.57. The molecular formula is C25H33N7O2S. The molecule has 0 atom stereocenters. The van der Waals surface area contributed by atoms with E-state index in [0.29, 0.717) is 36.3 Å². The maximum absolute atomic E-state index is 13.5. The van der Waals surface area contributed by atoms with Crippen LogP contribution < -0.4 is 10.6 Å². The number of likely N-dealkylation sites (tertiary alicyclic amines) is 1. The molecule has 0 bridgehead atoms. The van der Waals surface area contributed by atoms with Gasteiger partial charge in [0.05, 0.1) is 11.8 Å². The lowest BCUT2D eigenvalue weighted by molar-refractivity contribution is -0.123. The number of aromatic nitrogens is 4. The van der Waals surface area contributed by atoms with Crippen molar-refractivity contribution in [1.82, 2.24) is 29.8 Å². The van der Waals surface area contributed by atoms with Gasteiger partial charge in [-0.25, -0.2) is 14.5 Å². The maximum atomic E-state index is 13.5. The number of nitrogens with one attached hydrogen (secondary N) is 2. The normalized spacial score (nSPS) is 16.7. The summed E-state index contributed by atoms with van der Waals surface area (Å²) in [7, 11) is 0. The van der Waals surface area contributed by atoms with E-state index in [1.54, 1.807) is 28.1 Å². The molecule has 2 amide bonds. The van der Waals surface area contributed by atoms with E-state index in [9.17, 15) is 9.59 Å². The number of hydrogen-bond acceptors (Lipinski definition) is 7. The summed E-state index contributed by atoms with van der Waals surface area (Å²) in [6.07, 6.45) is 9.36. The lowest BCUT2D eigenvalue weighted by atomic mass is 10.0. The van der Waals surface area contributed by atoms with Gasteiger partial charge in [0, 0.05) is 49.2 Å². The SMILES string of the molecule is CCC(CC)CNc1cc(C(=O)N2CCC(NC(=O)C3CC3)CC2)nc(-c2cnn3ccsc23)n1. The Bertz CT molecular complexity index is 1190. The molecule has 2 aliphatic rings. The number of nitrogens with zero attached hydrogens (tertiary/aromatic N) is 5. The zero-order valence-corrected chi connectivity index (χ0v) is 21.2. The van der Waals surface area contributed by atoms with Crippen molar-refractivity contribution in [3.05, 3.63) is 29.5 Å². The average molecular weight is 496 g/mol. The third kappa shape index (κ3) is 5.32. The number of rotatable bonds is 9. The zero-order chi connectivity index (χ0) is 24.4. The highest BCUT2D eigenvalue weighted by atomic mass is 32.1. The van der Waals surface area contributed by atoms with Crippen LogP contribution in [0.15, 0.2) is 23.8 Å². The second-order valence-corrected chi connectivity index (χ2v) is 10.5. The quantitative estimate of drug-likeness (QED) is 0.468. The van der Waals surface area contributed by atoms with Gasteiger partial charge in [0.15, 0.2) is 5.82 Å². The van der Waals surface area contributed by atoms with Crippen LogP contribution in [-0.2, 0) is 4.79 Å². The van der Waals surface area contributed by atoms with Gasteiger partial charge in [0.1, 0.15) is 16.3 Å². The topological polar surface area (TPSA) is 105 Å². The lowest BCUT2D eigenvalue weighted by Gasteiger charge is -2.32. The maximum Gasteiger partial charge on any atom is 0.272 e. The van der Waals surface area contributed by atoms with Crippen LogP contribution >= 0.6 is 11.3 Å². The predicted molar refractivity (Wildman–Crippen MR) is 136 cm³/mol. The molecule has 0 spiro atoms. The second kappa shape index (κ2) is 10.3. The first-order valence-electron chi connectivity index (χ1n) is 12.7. The standard InChI is InChI=1S/C25H33N7O2S/c1-3-16(4-2)14-26-21-13-20(29-22(30-21)19-15-27-32-11-12-35-25(19)32)24(34)31-9-7-18(8-10-31)28-23(33)17-5-6-17/h11-13,15-18H,3-10,14H2,1-2H3,(H,28,33)(H,26,29,30). The van der Waals surface area contributed by atoms with Crippen LogP contribution in [0.3, 0.4) is 0 Å². The largest absolute Gasteiger partial charge is 0.370 e. The van der Waals surface area contributed by atoms with Gasteiger partial charge < -0.3 is 15.5 Å². The van der Waals surface area contributed by atoms with E-state index in [4.69, 9.17) is 4.98 Å². The number of amides is 2. The van der Waals surface area contributed by atoms with Gasteiger partial charge in [-0.2, -0.15) is 5.10 Å². The second-order valence-electron chi connectivity index (χ2n) is 9.59. The smallest absolute Gasteiger partial charge is 0.272 e. The van der Waals surface area contributed by atoms with Crippen molar-refractivity contribution in [2.75, 3.05) is 25.0 Å². The molecule has 1 saturated heterocycles. The number of fused-ring (bicyclic) bond motifs is 1. The zero-order valence-electron chi connectivity index (χ0n) is 20.4. The van der Waals surface area contributed by atoms with Crippen molar-refractivity contribution in [3.8, 4) is 11.4 Å². The number of carbonyl (C=O) groups is 2. The fraction of sp³-hybridized carbons (Fsp3) is 0.560. The van der Waals surface area contributed by atoms with E-state index >= 15 is 0 Å². The molecule has 2 N–H and O–H groups in total. The van der Waals surface area contributed by atoms with Gasteiger partial charge in [-0.3, -0.25) is 9.59 Å². The Hall–Kier alpha value is -3.01. The Labute approximate surface area is 209 Å². The highest BCUT2D eigenvalue weighted by Gasteiger charge is 2.32. The summed E-state index contributed by atoms with van der Waals surface area (Å²) in [5.41, 5.74) is 1.21. The van der Waals surface area contributed by atoms with Gasteiger partial charge >= 0.3 is 0 Å². The first kappa shape index (κ1) is 23.7. The highest BCUT2D eigenvalue weighted by Crippen LogP contribution is 2.30. The van der Waals surface area contributed by atoms with Crippen LogP contribution in [0.2, 0.25) is 0 Å². The van der Waals surface area contributed by atoms with Crippen molar-refractivity contribution in [2.24, 2.45) is 11.8 Å². The van der Waals surface area contributed by atoms with Crippen LogP contribution in [0.1, 0.15) is 62.9 Å². The minimum atomic E-state index is -0.0965. The van der Waals surface area contributed by atoms with E-state index in [1.165, 1.54) is 0 Å². The summed E-state index contributed by atoms with van der Waals surface area (Å²) in [6.45, 7) is 6.38. The Morgan fingerprint density at radius 1 is 1.14 bits per heavy atom. The monoisotopic (exact) mass is 495 g/mol. The van der Waals surface area contributed by atoms with Crippen LogP contribution in [0.25, 0.3) is 16.2 Å². The molecule has 0 aromatic carbocycles. The van der Waals surface area contributed by atoms with E-state index < -0.39 is 0 Å². The summed E-state index contributed by atoms with van der Waals surface area (Å²) < 4.78 is 1.80.